The van der Waals surface area contributed by atoms with Gasteiger partial charge >= 0.3 is 0 Å². The summed E-state index contributed by atoms with van der Waals surface area (Å²) in [5.74, 6) is 0.854. The van der Waals surface area contributed by atoms with Gasteiger partial charge in [-0.05, 0) is 46.6 Å². The molecule has 0 bridgehead atoms. The maximum absolute atomic E-state index is 5.57. The number of benzene rings is 1. The van der Waals surface area contributed by atoms with E-state index in [4.69, 9.17) is 10.5 Å². The van der Waals surface area contributed by atoms with Gasteiger partial charge in [-0.1, -0.05) is 12.1 Å². The average molecular weight is 325 g/mol. The Morgan fingerprint density at radius 3 is 2.89 bits per heavy atom. The topological polar surface area (TPSA) is 48.1 Å². The van der Waals surface area contributed by atoms with Crippen molar-refractivity contribution >= 4 is 44.6 Å². The third-order valence-corrected chi connectivity index (χ3v) is 3.55. The summed E-state index contributed by atoms with van der Waals surface area (Å²) in [5.41, 5.74) is 7.53. The first-order valence-corrected chi connectivity index (χ1v) is 7.17. The molecule has 0 aliphatic heterocycles. The second-order valence-corrected chi connectivity index (χ2v) is 5.31. The van der Waals surface area contributed by atoms with Gasteiger partial charge in [0.2, 0.25) is 0 Å². The number of thiazole rings is 1. The van der Waals surface area contributed by atoms with Crippen molar-refractivity contribution in [2.24, 2.45) is 0 Å². The van der Waals surface area contributed by atoms with E-state index in [0.29, 0.717) is 11.7 Å². The lowest BCUT2D eigenvalue weighted by molar-refractivity contribution is 0.338. The molecule has 0 fully saturated rings. The molecule has 1 aromatic carbocycles. The molecule has 0 atom stereocenters. The lowest BCUT2D eigenvalue weighted by Crippen LogP contribution is -1.92. The Morgan fingerprint density at radius 1 is 1.44 bits per heavy atom. The molecule has 18 heavy (non-hydrogen) atoms. The molecule has 94 valence electrons. The van der Waals surface area contributed by atoms with Crippen LogP contribution in [0.4, 0.5) is 5.13 Å². The van der Waals surface area contributed by atoms with Gasteiger partial charge in [0.05, 0.1) is 16.8 Å². The summed E-state index contributed by atoms with van der Waals surface area (Å²) in [6.07, 6.45) is 3.93. The number of rotatable bonds is 4. The van der Waals surface area contributed by atoms with E-state index in [1.54, 1.807) is 0 Å². The maximum atomic E-state index is 5.57. The molecule has 1 heterocycles. The van der Waals surface area contributed by atoms with Crippen molar-refractivity contribution in [2.45, 2.75) is 6.92 Å². The summed E-state index contributed by atoms with van der Waals surface area (Å²) in [6.45, 7) is 2.62. The number of ether oxygens (including phenoxy) is 1. The van der Waals surface area contributed by atoms with Gasteiger partial charge in [0, 0.05) is 5.38 Å². The zero-order valence-corrected chi connectivity index (χ0v) is 12.3. The third-order valence-electron chi connectivity index (χ3n) is 2.24. The molecule has 2 rings (SSSR count). The molecule has 3 nitrogen and oxygen atoms in total. The fourth-order valence-corrected chi connectivity index (χ4v) is 2.49. The Bertz CT molecular complexity index is 566. The highest BCUT2D eigenvalue weighted by Crippen LogP contribution is 2.26. The first-order chi connectivity index (χ1) is 8.69. The number of nitrogen functional groups attached to an aromatic ring is 1. The van der Waals surface area contributed by atoms with Crippen molar-refractivity contribution in [3.8, 4) is 5.75 Å². The van der Waals surface area contributed by atoms with Crippen LogP contribution >= 0.6 is 27.3 Å². The Labute approximate surface area is 118 Å². The van der Waals surface area contributed by atoms with E-state index in [1.807, 2.05) is 42.7 Å². The van der Waals surface area contributed by atoms with Crippen molar-refractivity contribution < 1.29 is 4.74 Å². The highest BCUT2D eigenvalue weighted by Gasteiger charge is 2.00. The summed E-state index contributed by atoms with van der Waals surface area (Å²) in [4.78, 5) is 4.17. The molecule has 0 aliphatic carbocycles. The molecule has 0 amide bonds. The molecule has 2 N–H and O–H groups in total. The Balaban J connectivity index is 2.14. The molecule has 0 saturated carbocycles. The number of nitrogens with two attached hydrogens (primary N) is 1. The smallest absolute Gasteiger partial charge is 0.180 e. The molecule has 0 spiro atoms. The Morgan fingerprint density at radius 2 is 2.28 bits per heavy atom. The van der Waals surface area contributed by atoms with E-state index < -0.39 is 0 Å². The molecule has 1 aromatic heterocycles. The first-order valence-electron chi connectivity index (χ1n) is 5.50. The number of hydrogen-bond donors (Lipinski definition) is 1. The van der Waals surface area contributed by atoms with Crippen molar-refractivity contribution in [2.75, 3.05) is 12.3 Å². The minimum absolute atomic E-state index is 0.586. The van der Waals surface area contributed by atoms with Crippen molar-refractivity contribution in [1.29, 1.82) is 0 Å². The van der Waals surface area contributed by atoms with Crippen LogP contribution in [0.3, 0.4) is 0 Å². The molecule has 2 aromatic rings. The van der Waals surface area contributed by atoms with Crippen LogP contribution in [0.25, 0.3) is 12.2 Å². The van der Waals surface area contributed by atoms with Crippen LogP contribution in [0.2, 0.25) is 0 Å². The van der Waals surface area contributed by atoms with E-state index in [9.17, 15) is 0 Å². The highest BCUT2D eigenvalue weighted by atomic mass is 79.9. The van der Waals surface area contributed by atoms with Crippen LogP contribution in [-0.4, -0.2) is 11.6 Å². The fraction of sp³-hybridized carbons (Fsp3) is 0.154. The van der Waals surface area contributed by atoms with Crippen molar-refractivity contribution in [1.82, 2.24) is 4.98 Å². The largest absolute Gasteiger partial charge is 0.493 e. The summed E-state index contributed by atoms with van der Waals surface area (Å²) in [7, 11) is 0. The lowest BCUT2D eigenvalue weighted by Gasteiger charge is -2.05. The van der Waals surface area contributed by atoms with Crippen LogP contribution in [-0.2, 0) is 0 Å². The molecular formula is C13H13BrN2OS. The van der Waals surface area contributed by atoms with E-state index in [1.165, 1.54) is 11.3 Å². The molecule has 0 unspecified atom stereocenters. The highest BCUT2D eigenvalue weighted by molar-refractivity contribution is 9.10. The number of nitrogens with zero attached hydrogens (tertiary/aromatic N) is 1. The quantitative estimate of drug-likeness (QED) is 0.922. The van der Waals surface area contributed by atoms with Gasteiger partial charge < -0.3 is 10.5 Å². The second-order valence-electron chi connectivity index (χ2n) is 3.57. The minimum Gasteiger partial charge on any atom is -0.493 e. The maximum Gasteiger partial charge on any atom is 0.180 e. The van der Waals surface area contributed by atoms with Gasteiger partial charge in [0.25, 0.3) is 0 Å². The van der Waals surface area contributed by atoms with Gasteiger partial charge in [-0.3, -0.25) is 0 Å². The average Bonchev–Trinajstić information content (AvgIpc) is 2.76. The predicted molar refractivity (Wildman–Crippen MR) is 80.8 cm³/mol. The minimum atomic E-state index is 0.586. The van der Waals surface area contributed by atoms with Crippen LogP contribution in [0.5, 0.6) is 5.75 Å². The zero-order chi connectivity index (χ0) is 13.0. The summed E-state index contributed by atoms with van der Waals surface area (Å²) in [6, 6.07) is 5.96. The van der Waals surface area contributed by atoms with E-state index in [2.05, 4.69) is 20.9 Å². The van der Waals surface area contributed by atoms with E-state index in [-0.39, 0.29) is 0 Å². The van der Waals surface area contributed by atoms with E-state index >= 15 is 0 Å². The predicted octanol–water partition coefficient (Wildman–Crippen LogP) is 4.06. The van der Waals surface area contributed by atoms with Crippen LogP contribution < -0.4 is 10.5 Å². The summed E-state index contributed by atoms with van der Waals surface area (Å²) in [5, 5.41) is 2.51. The molecule has 0 radical (unpaired) electrons. The monoisotopic (exact) mass is 324 g/mol. The first kappa shape index (κ1) is 13.1. The fourth-order valence-electron chi connectivity index (χ4n) is 1.45. The zero-order valence-electron chi connectivity index (χ0n) is 9.89. The summed E-state index contributed by atoms with van der Waals surface area (Å²) >= 11 is 4.92. The van der Waals surface area contributed by atoms with Gasteiger partial charge in [-0.2, -0.15) is 0 Å². The van der Waals surface area contributed by atoms with Gasteiger partial charge in [-0.25, -0.2) is 4.98 Å². The molecule has 0 saturated heterocycles. The van der Waals surface area contributed by atoms with Gasteiger partial charge in [0.15, 0.2) is 5.13 Å². The molecule has 0 aliphatic rings. The SMILES string of the molecule is CCOc1ccc(/C=C/c2csc(N)n2)cc1Br. The van der Waals surface area contributed by atoms with Gasteiger partial charge in [0.1, 0.15) is 5.75 Å². The van der Waals surface area contributed by atoms with Gasteiger partial charge in [-0.15, -0.1) is 11.3 Å². The summed E-state index contributed by atoms with van der Waals surface area (Å²) < 4.78 is 6.41. The van der Waals surface area contributed by atoms with Crippen molar-refractivity contribution in [3.05, 3.63) is 39.3 Å². The number of anilines is 1. The molecule has 5 heteroatoms. The second kappa shape index (κ2) is 6.02. The van der Waals surface area contributed by atoms with E-state index in [0.717, 1.165) is 21.5 Å². The standard InChI is InChI=1S/C13H13BrN2OS/c1-2-17-12-6-4-9(7-11(12)14)3-5-10-8-18-13(15)16-10/h3-8H,2H2,1H3,(H2,15,16)/b5-3+. The number of halogens is 1. The number of hydrogen-bond acceptors (Lipinski definition) is 4. The van der Waals surface area contributed by atoms with Crippen molar-refractivity contribution in [3.63, 3.8) is 0 Å². The Hall–Kier alpha value is -1.33. The number of aromatic nitrogens is 1. The lowest BCUT2D eigenvalue weighted by atomic mass is 10.2. The molecular weight excluding hydrogens is 312 g/mol. The normalized spacial score (nSPS) is 11.0. The van der Waals surface area contributed by atoms with Crippen LogP contribution in [0.15, 0.2) is 28.1 Å². The van der Waals surface area contributed by atoms with Crippen LogP contribution in [0.1, 0.15) is 18.2 Å². The third kappa shape index (κ3) is 3.34. The van der Waals surface area contributed by atoms with Crippen LogP contribution in [0, 0.1) is 0 Å². The Kier molecular flexibility index (Phi) is 4.38.